The molecule has 0 spiro atoms. The van der Waals surface area contributed by atoms with Gasteiger partial charge in [0.25, 0.3) is 0 Å². The van der Waals surface area contributed by atoms with Crippen LogP contribution in [0.5, 0.6) is 0 Å². The van der Waals surface area contributed by atoms with Gasteiger partial charge in [0.05, 0.1) is 22.8 Å². The third-order valence-electron chi connectivity index (χ3n) is 1.41. The Hall–Kier alpha value is -1.09. The van der Waals surface area contributed by atoms with Gasteiger partial charge in [0, 0.05) is 0 Å². The minimum Gasteiger partial charge on any atom is -0.481 e. The quantitative estimate of drug-likeness (QED) is 0.763. The minimum atomic E-state index is -0.885. The maximum atomic E-state index is 10.3. The molecule has 4 heteroatoms. The van der Waals surface area contributed by atoms with Gasteiger partial charge in [-0.1, -0.05) is 11.6 Å². The van der Waals surface area contributed by atoms with E-state index in [1.54, 1.807) is 19.1 Å². The fraction of sp³-hybridized carbons (Fsp3) is 0.250. The Labute approximate surface area is 75.0 Å². The lowest BCUT2D eigenvalue weighted by atomic mass is 10.2. The molecule has 0 unspecified atom stereocenters. The second-order valence-corrected chi connectivity index (χ2v) is 2.85. The second-order valence-electron chi connectivity index (χ2n) is 2.44. The highest BCUT2D eigenvalue weighted by Crippen LogP contribution is 2.12. The van der Waals surface area contributed by atoms with Gasteiger partial charge in [-0.25, -0.2) is 0 Å². The standard InChI is InChI=1S/C8H8ClNO2/c1-5-7(9)3-2-6(10-5)4-8(11)12/h2-3H,4H2,1H3,(H,11,12). The van der Waals surface area contributed by atoms with Crippen molar-refractivity contribution >= 4 is 17.6 Å². The highest BCUT2D eigenvalue weighted by atomic mass is 35.5. The van der Waals surface area contributed by atoms with Crippen LogP contribution in [0.3, 0.4) is 0 Å². The highest BCUT2D eigenvalue weighted by molar-refractivity contribution is 6.31. The molecule has 0 atom stereocenters. The van der Waals surface area contributed by atoms with Crippen molar-refractivity contribution in [1.29, 1.82) is 0 Å². The van der Waals surface area contributed by atoms with Crippen molar-refractivity contribution < 1.29 is 9.90 Å². The summed E-state index contributed by atoms with van der Waals surface area (Å²) in [6.07, 6.45) is -0.0575. The number of hydrogen-bond acceptors (Lipinski definition) is 2. The summed E-state index contributed by atoms with van der Waals surface area (Å²) in [6, 6.07) is 3.27. The number of nitrogens with zero attached hydrogens (tertiary/aromatic N) is 1. The molecule has 12 heavy (non-hydrogen) atoms. The monoisotopic (exact) mass is 185 g/mol. The largest absolute Gasteiger partial charge is 0.481 e. The maximum Gasteiger partial charge on any atom is 0.309 e. The van der Waals surface area contributed by atoms with E-state index in [1.807, 2.05) is 0 Å². The minimum absolute atomic E-state index is 0.0575. The summed E-state index contributed by atoms with van der Waals surface area (Å²) >= 11 is 5.71. The average molecular weight is 186 g/mol. The second kappa shape index (κ2) is 3.54. The molecular weight excluding hydrogens is 178 g/mol. The molecule has 0 fully saturated rings. The summed E-state index contributed by atoms with van der Waals surface area (Å²) in [7, 11) is 0. The molecule has 1 N–H and O–H groups in total. The molecule has 0 aliphatic heterocycles. The molecule has 0 radical (unpaired) electrons. The van der Waals surface area contributed by atoms with Crippen LogP contribution in [0.25, 0.3) is 0 Å². The fourth-order valence-electron chi connectivity index (χ4n) is 0.849. The first-order valence-electron chi connectivity index (χ1n) is 3.43. The van der Waals surface area contributed by atoms with Crippen LogP contribution in [0.2, 0.25) is 5.02 Å². The number of carbonyl (C=O) groups is 1. The molecule has 1 rings (SSSR count). The van der Waals surface area contributed by atoms with Gasteiger partial charge in [-0.3, -0.25) is 9.78 Å². The van der Waals surface area contributed by atoms with Gasteiger partial charge in [-0.2, -0.15) is 0 Å². The first kappa shape index (κ1) is 9.00. The van der Waals surface area contributed by atoms with Crippen LogP contribution in [-0.2, 0) is 11.2 Å². The molecule has 0 saturated carbocycles. The molecule has 1 aromatic heterocycles. The fourth-order valence-corrected chi connectivity index (χ4v) is 0.955. The van der Waals surface area contributed by atoms with E-state index >= 15 is 0 Å². The van der Waals surface area contributed by atoms with Gasteiger partial charge in [-0.05, 0) is 19.1 Å². The summed E-state index contributed by atoms with van der Waals surface area (Å²) in [5, 5.41) is 9.01. The molecule has 0 aromatic carbocycles. The molecule has 1 heterocycles. The predicted molar refractivity (Wildman–Crippen MR) is 45.3 cm³/mol. The van der Waals surface area contributed by atoms with Crippen LogP contribution in [0.15, 0.2) is 12.1 Å². The van der Waals surface area contributed by atoms with E-state index in [9.17, 15) is 4.79 Å². The zero-order chi connectivity index (χ0) is 9.14. The first-order chi connectivity index (χ1) is 5.59. The molecule has 3 nitrogen and oxygen atoms in total. The topological polar surface area (TPSA) is 50.2 Å². The molecule has 0 saturated heterocycles. The average Bonchev–Trinajstić information content (AvgIpc) is 1.96. The molecule has 1 aromatic rings. The van der Waals surface area contributed by atoms with Crippen LogP contribution in [0.1, 0.15) is 11.4 Å². The molecule has 0 amide bonds. The maximum absolute atomic E-state index is 10.3. The highest BCUT2D eigenvalue weighted by Gasteiger charge is 2.03. The zero-order valence-electron chi connectivity index (χ0n) is 6.54. The van der Waals surface area contributed by atoms with Crippen molar-refractivity contribution in [3.05, 3.63) is 28.5 Å². The van der Waals surface area contributed by atoms with E-state index in [-0.39, 0.29) is 6.42 Å². The SMILES string of the molecule is Cc1nc(CC(=O)O)ccc1Cl. The van der Waals surface area contributed by atoms with Crippen molar-refractivity contribution in [2.45, 2.75) is 13.3 Å². The smallest absolute Gasteiger partial charge is 0.309 e. The van der Waals surface area contributed by atoms with E-state index < -0.39 is 5.97 Å². The molecule has 0 aliphatic carbocycles. The molecule has 64 valence electrons. The molecule has 0 bridgehead atoms. The van der Waals surface area contributed by atoms with Gasteiger partial charge in [0.15, 0.2) is 0 Å². The van der Waals surface area contributed by atoms with Crippen molar-refractivity contribution in [2.24, 2.45) is 0 Å². The van der Waals surface area contributed by atoms with Crippen LogP contribution < -0.4 is 0 Å². The van der Waals surface area contributed by atoms with Gasteiger partial charge < -0.3 is 5.11 Å². The number of aromatic nitrogens is 1. The number of rotatable bonds is 2. The Bertz CT molecular complexity index is 312. The van der Waals surface area contributed by atoms with Crippen LogP contribution in [-0.4, -0.2) is 16.1 Å². The van der Waals surface area contributed by atoms with Crippen LogP contribution in [0, 0.1) is 6.92 Å². The summed E-state index contributed by atoms with van der Waals surface area (Å²) < 4.78 is 0. The number of aryl methyl sites for hydroxylation is 1. The Morgan fingerprint density at radius 1 is 1.67 bits per heavy atom. The summed E-state index contributed by atoms with van der Waals surface area (Å²) in [5.41, 5.74) is 1.19. The summed E-state index contributed by atoms with van der Waals surface area (Å²) in [5.74, 6) is -0.885. The zero-order valence-corrected chi connectivity index (χ0v) is 7.30. The van der Waals surface area contributed by atoms with E-state index in [4.69, 9.17) is 16.7 Å². The number of halogens is 1. The molecular formula is C8H8ClNO2. The number of carboxylic acid groups (broad SMARTS) is 1. The van der Waals surface area contributed by atoms with Crippen molar-refractivity contribution in [3.8, 4) is 0 Å². The lowest BCUT2D eigenvalue weighted by Crippen LogP contribution is -2.02. The summed E-state index contributed by atoms with van der Waals surface area (Å²) in [4.78, 5) is 14.3. The number of aliphatic carboxylic acids is 1. The Kier molecular flexibility index (Phi) is 2.65. The number of hydrogen-bond donors (Lipinski definition) is 1. The van der Waals surface area contributed by atoms with Crippen LogP contribution >= 0.6 is 11.6 Å². The third-order valence-corrected chi connectivity index (χ3v) is 1.81. The van der Waals surface area contributed by atoms with E-state index in [2.05, 4.69) is 4.98 Å². The first-order valence-corrected chi connectivity index (χ1v) is 3.81. The number of pyridine rings is 1. The lowest BCUT2D eigenvalue weighted by molar-refractivity contribution is -0.136. The van der Waals surface area contributed by atoms with Crippen molar-refractivity contribution in [2.75, 3.05) is 0 Å². The molecule has 0 aliphatic rings. The lowest BCUT2D eigenvalue weighted by Gasteiger charge is -1.99. The van der Waals surface area contributed by atoms with Gasteiger partial charge >= 0.3 is 5.97 Å². The van der Waals surface area contributed by atoms with Gasteiger partial charge in [0.1, 0.15) is 0 Å². The Morgan fingerprint density at radius 3 is 2.83 bits per heavy atom. The van der Waals surface area contributed by atoms with Crippen LogP contribution in [0.4, 0.5) is 0 Å². The van der Waals surface area contributed by atoms with E-state index in [0.717, 1.165) is 0 Å². The normalized spacial score (nSPS) is 9.83. The predicted octanol–water partition coefficient (Wildman–Crippen LogP) is 1.67. The van der Waals surface area contributed by atoms with E-state index in [0.29, 0.717) is 16.4 Å². The van der Waals surface area contributed by atoms with Gasteiger partial charge in [0.2, 0.25) is 0 Å². The third kappa shape index (κ3) is 2.20. The summed E-state index contributed by atoms with van der Waals surface area (Å²) in [6.45, 7) is 1.74. The number of carboxylic acids is 1. The Morgan fingerprint density at radius 2 is 2.33 bits per heavy atom. The van der Waals surface area contributed by atoms with Gasteiger partial charge in [-0.15, -0.1) is 0 Å². The Balaban J connectivity index is 2.89. The van der Waals surface area contributed by atoms with Crippen molar-refractivity contribution in [1.82, 2.24) is 4.98 Å². The van der Waals surface area contributed by atoms with E-state index in [1.165, 1.54) is 0 Å². The van der Waals surface area contributed by atoms with Crippen molar-refractivity contribution in [3.63, 3.8) is 0 Å².